The van der Waals surface area contributed by atoms with Crippen LogP contribution in [0.4, 0.5) is 17.6 Å². The van der Waals surface area contributed by atoms with E-state index in [1.165, 1.54) is 0 Å². The van der Waals surface area contributed by atoms with Crippen molar-refractivity contribution in [2.45, 2.75) is 13.1 Å². The zero-order valence-electron chi connectivity index (χ0n) is 11.9. The predicted octanol–water partition coefficient (Wildman–Crippen LogP) is 2.35. The summed E-state index contributed by atoms with van der Waals surface area (Å²) in [7, 11) is -3.32. The maximum absolute atomic E-state index is 13.2. The molecule has 22 heavy (non-hydrogen) atoms. The third-order valence-corrected chi connectivity index (χ3v) is 3.84. The zero-order valence-corrected chi connectivity index (χ0v) is 12.8. The Kier molecular flexibility index (Phi) is 5.55. The maximum atomic E-state index is 13.2. The number of carbonyl (C=O) groups excluding carboxylic acids is 1. The second kappa shape index (κ2) is 6.64. The molecule has 9 heteroatoms. The van der Waals surface area contributed by atoms with Gasteiger partial charge in [0.05, 0.1) is 11.3 Å². The number of halogens is 4. The molecular formula is C13H15F4NO3S. The Morgan fingerprint density at radius 3 is 2.32 bits per heavy atom. The molecule has 0 bridgehead atoms. The topological polar surface area (TPSA) is 54.5 Å². The summed E-state index contributed by atoms with van der Waals surface area (Å²) < 4.78 is 73.3. The van der Waals surface area contributed by atoms with E-state index in [1.807, 2.05) is 0 Å². The number of benzene rings is 1. The lowest BCUT2D eigenvalue weighted by Crippen LogP contribution is -2.35. The van der Waals surface area contributed by atoms with Crippen molar-refractivity contribution in [3.63, 3.8) is 0 Å². The van der Waals surface area contributed by atoms with Gasteiger partial charge >= 0.3 is 6.18 Å². The number of carbonyl (C=O) groups is 1. The van der Waals surface area contributed by atoms with E-state index in [0.717, 1.165) is 17.2 Å². The average Bonchev–Trinajstić information content (AvgIpc) is 2.37. The van der Waals surface area contributed by atoms with Crippen LogP contribution in [0.25, 0.3) is 0 Å². The van der Waals surface area contributed by atoms with E-state index in [-0.39, 0.29) is 24.4 Å². The first-order valence-electron chi connectivity index (χ1n) is 6.29. The SMILES string of the molecule is CCN(CCS(C)(=O)=O)C(=O)c1ccc(F)c(C(F)(F)F)c1. The monoisotopic (exact) mass is 341 g/mol. The van der Waals surface area contributed by atoms with Gasteiger partial charge < -0.3 is 4.90 Å². The van der Waals surface area contributed by atoms with Crippen molar-refractivity contribution in [1.29, 1.82) is 0 Å². The van der Waals surface area contributed by atoms with E-state index in [9.17, 15) is 30.8 Å². The minimum absolute atomic E-state index is 0.118. The molecule has 0 N–H and O–H groups in total. The molecule has 0 heterocycles. The molecule has 0 unspecified atom stereocenters. The Morgan fingerprint density at radius 1 is 1.27 bits per heavy atom. The summed E-state index contributed by atoms with van der Waals surface area (Å²) in [5.41, 5.74) is -1.87. The first kappa shape index (κ1) is 18.4. The van der Waals surface area contributed by atoms with Gasteiger partial charge in [-0.3, -0.25) is 4.79 Å². The van der Waals surface area contributed by atoms with Crippen LogP contribution >= 0.6 is 0 Å². The van der Waals surface area contributed by atoms with Crippen LogP contribution in [-0.4, -0.2) is 44.3 Å². The lowest BCUT2D eigenvalue weighted by molar-refractivity contribution is -0.140. The highest BCUT2D eigenvalue weighted by Gasteiger charge is 2.35. The molecule has 0 aliphatic carbocycles. The second-order valence-electron chi connectivity index (χ2n) is 4.71. The fraction of sp³-hybridized carbons (Fsp3) is 0.462. The molecule has 0 aliphatic heterocycles. The third-order valence-electron chi connectivity index (χ3n) is 2.92. The Balaban J connectivity index is 3.06. The summed E-state index contributed by atoms with van der Waals surface area (Å²) in [6, 6.07) is 1.94. The molecule has 1 amide bonds. The first-order chi connectivity index (χ1) is 9.95. The fourth-order valence-corrected chi connectivity index (χ4v) is 2.29. The van der Waals surface area contributed by atoms with Gasteiger partial charge in [0.15, 0.2) is 0 Å². The van der Waals surface area contributed by atoms with Gasteiger partial charge in [-0.1, -0.05) is 0 Å². The van der Waals surface area contributed by atoms with Crippen molar-refractivity contribution in [1.82, 2.24) is 4.90 Å². The van der Waals surface area contributed by atoms with Crippen LogP contribution in [-0.2, 0) is 16.0 Å². The molecule has 0 radical (unpaired) electrons. The molecule has 0 atom stereocenters. The van der Waals surface area contributed by atoms with Crippen molar-refractivity contribution in [3.8, 4) is 0 Å². The van der Waals surface area contributed by atoms with Gasteiger partial charge in [-0.25, -0.2) is 12.8 Å². The molecule has 124 valence electrons. The Bertz CT molecular complexity index is 656. The summed E-state index contributed by atoms with van der Waals surface area (Å²) in [6.45, 7) is 1.54. The highest BCUT2D eigenvalue weighted by atomic mass is 32.2. The normalized spacial score (nSPS) is 12.3. The van der Waals surface area contributed by atoms with Crippen LogP contribution < -0.4 is 0 Å². The number of alkyl halides is 3. The number of nitrogens with zero attached hydrogens (tertiary/aromatic N) is 1. The molecule has 0 aromatic heterocycles. The third kappa shape index (κ3) is 4.97. The van der Waals surface area contributed by atoms with E-state index >= 15 is 0 Å². The maximum Gasteiger partial charge on any atom is 0.419 e. The fourth-order valence-electron chi connectivity index (χ4n) is 1.74. The van der Waals surface area contributed by atoms with Crippen LogP contribution in [0.3, 0.4) is 0 Å². The molecule has 1 rings (SSSR count). The molecule has 1 aromatic rings. The number of hydrogen-bond acceptors (Lipinski definition) is 3. The largest absolute Gasteiger partial charge is 0.419 e. The second-order valence-corrected chi connectivity index (χ2v) is 6.97. The van der Waals surface area contributed by atoms with Crippen molar-refractivity contribution < 1.29 is 30.8 Å². The van der Waals surface area contributed by atoms with E-state index in [0.29, 0.717) is 12.1 Å². The first-order valence-corrected chi connectivity index (χ1v) is 8.35. The predicted molar refractivity (Wildman–Crippen MR) is 72.7 cm³/mol. The van der Waals surface area contributed by atoms with E-state index < -0.39 is 33.3 Å². The summed E-state index contributed by atoms with van der Waals surface area (Å²) in [5.74, 6) is -2.56. The Morgan fingerprint density at radius 2 is 1.86 bits per heavy atom. The number of amides is 1. The highest BCUT2D eigenvalue weighted by molar-refractivity contribution is 7.90. The summed E-state index contributed by atoms with van der Waals surface area (Å²) in [5, 5.41) is 0. The summed E-state index contributed by atoms with van der Waals surface area (Å²) in [4.78, 5) is 13.2. The molecule has 0 fully saturated rings. The van der Waals surface area contributed by atoms with Crippen molar-refractivity contribution in [2.75, 3.05) is 25.1 Å². The van der Waals surface area contributed by atoms with Crippen LogP contribution in [0.2, 0.25) is 0 Å². The van der Waals surface area contributed by atoms with E-state index in [4.69, 9.17) is 0 Å². The Labute approximate surface area is 125 Å². The highest BCUT2D eigenvalue weighted by Crippen LogP contribution is 2.32. The van der Waals surface area contributed by atoms with Crippen LogP contribution in [0.5, 0.6) is 0 Å². The quantitative estimate of drug-likeness (QED) is 0.773. The minimum atomic E-state index is -4.91. The van der Waals surface area contributed by atoms with E-state index in [2.05, 4.69) is 0 Å². The van der Waals surface area contributed by atoms with Gasteiger partial charge in [0.1, 0.15) is 15.7 Å². The van der Waals surface area contributed by atoms with Gasteiger partial charge in [-0.2, -0.15) is 13.2 Å². The lowest BCUT2D eigenvalue weighted by atomic mass is 10.1. The number of rotatable bonds is 5. The number of hydrogen-bond donors (Lipinski definition) is 0. The number of sulfone groups is 1. The van der Waals surface area contributed by atoms with Crippen molar-refractivity contribution >= 4 is 15.7 Å². The van der Waals surface area contributed by atoms with Gasteiger partial charge in [0.25, 0.3) is 5.91 Å². The van der Waals surface area contributed by atoms with Crippen LogP contribution in [0.15, 0.2) is 18.2 Å². The molecule has 4 nitrogen and oxygen atoms in total. The van der Waals surface area contributed by atoms with Crippen molar-refractivity contribution in [3.05, 3.63) is 35.1 Å². The summed E-state index contributed by atoms with van der Waals surface area (Å²) >= 11 is 0. The van der Waals surface area contributed by atoms with Crippen LogP contribution in [0, 0.1) is 5.82 Å². The molecule has 0 aliphatic rings. The molecule has 1 aromatic carbocycles. The van der Waals surface area contributed by atoms with Crippen LogP contribution in [0.1, 0.15) is 22.8 Å². The lowest BCUT2D eigenvalue weighted by Gasteiger charge is -2.21. The van der Waals surface area contributed by atoms with Gasteiger partial charge in [-0.05, 0) is 25.1 Å². The minimum Gasteiger partial charge on any atom is -0.338 e. The van der Waals surface area contributed by atoms with Gasteiger partial charge in [-0.15, -0.1) is 0 Å². The standard InChI is InChI=1S/C13H15F4NO3S/c1-3-18(6-7-22(2,20)21)12(19)9-4-5-11(14)10(8-9)13(15,16)17/h4-5,8H,3,6-7H2,1-2H3. The average molecular weight is 341 g/mol. The summed E-state index contributed by atoms with van der Waals surface area (Å²) in [6.07, 6.45) is -3.92. The van der Waals surface area contributed by atoms with Gasteiger partial charge in [0.2, 0.25) is 0 Å². The van der Waals surface area contributed by atoms with Gasteiger partial charge in [0, 0.05) is 24.9 Å². The molecule has 0 saturated carbocycles. The van der Waals surface area contributed by atoms with E-state index in [1.54, 1.807) is 6.92 Å². The molecule has 0 saturated heterocycles. The Hall–Kier alpha value is -1.64. The zero-order chi connectivity index (χ0) is 17.1. The smallest absolute Gasteiger partial charge is 0.338 e. The molecular weight excluding hydrogens is 326 g/mol. The van der Waals surface area contributed by atoms with Crippen molar-refractivity contribution in [2.24, 2.45) is 0 Å². The molecule has 0 spiro atoms.